The Morgan fingerprint density at radius 3 is 0.963 bits per heavy atom. The maximum absolute atomic E-state index is 10.3. The van der Waals surface area contributed by atoms with E-state index < -0.39 is 60.5 Å². The van der Waals surface area contributed by atoms with E-state index in [4.69, 9.17) is 40.9 Å². The number of aliphatic hydroxyl groups is 3. The quantitative estimate of drug-likeness (QED) is 0.193. The summed E-state index contributed by atoms with van der Waals surface area (Å²) in [6, 6.07) is 0. The van der Waals surface area contributed by atoms with Crippen molar-refractivity contribution in [1.29, 1.82) is 0 Å². The SMILES string of the molecule is N.N.N.N.O=C(O)C(O)C(O)C(=O)O.O=C(O)CC(O)(CC(=O)O)C(=O)O. The van der Waals surface area contributed by atoms with Crippen LogP contribution < -0.4 is 24.6 Å². The standard InChI is InChI=1S/C6H8O7.C4H6O6.4H3N/c7-3(8)1-6(13,5(11)12)2-4(9)10;5-1(3(7)8)2(6)4(9)10;;;;/h13H,1-2H2,(H,7,8)(H,9,10)(H,11,12);1-2,5-6H,(H,7,8)(H,9,10);4*1H3. The topological polar surface area (TPSA) is 387 Å². The van der Waals surface area contributed by atoms with Gasteiger partial charge in [-0.1, -0.05) is 0 Å². The number of rotatable bonds is 8. The molecule has 0 aliphatic heterocycles. The molecule has 0 spiro atoms. The summed E-state index contributed by atoms with van der Waals surface area (Å²) < 4.78 is 0. The Balaban J connectivity index is -0.0000000728. The van der Waals surface area contributed by atoms with Crippen molar-refractivity contribution in [2.45, 2.75) is 30.7 Å². The molecule has 20 N–H and O–H groups in total. The highest BCUT2D eigenvalue weighted by Crippen LogP contribution is 2.15. The fourth-order valence-corrected chi connectivity index (χ4v) is 0.984. The Morgan fingerprint density at radius 2 is 0.852 bits per heavy atom. The van der Waals surface area contributed by atoms with Gasteiger partial charge in [-0.15, -0.1) is 0 Å². The highest BCUT2D eigenvalue weighted by molar-refractivity contribution is 5.88. The highest BCUT2D eigenvalue weighted by atomic mass is 16.4. The molecule has 17 nitrogen and oxygen atoms in total. The van der Waals surface area contributed by atoms with E-state index in [2.05, 4.69) is 0 Å². The van der Waals surface area contributed by atoms with Crippen LogP contribution in [0.3, 0.4) is 0 Å². The van der Waals surface area contributed by atoms with Crippen molar-refractivity contribution in [2.75, 3.05) is 0 Å². The minimum atomic E-state index is -2.74. The summed E-state index contributed by atoms with van der Waals surface area (Å²) in [5.41, 5.74) is -2.74. The van der Waals surface area contributed by atoms with E-state index >= 15 is 0 Å². The summed E-state index contributed by atoms with van der Waals surface area (Å²) in [7, 11) is 0. The Morgan fingerprint density at radius 1 is 0.630 bits per heavy atom. The van der Waals surface area contributed by atoms with E-state index in [1.807, 2.05) is 0 Å². The molecule has 0 amide bonds. The van der Waals surface area contributed by atoms with Crippen LogP contribution >= 0.6 is 0 Å². The first-order valence-electron chi connectivity index (χ1n) is 5.45. The fraction of sp³-hybridized carbons (Fsp3) is 0.500. The van der Waals surface area contributed by atoms with Gasteiger partial charge in [-0.05, 0) is 0 Å². The number of carbonyl (C=O) groups is 5. The molecule has 0 saturated heterocycles. The Labute approximate surface area is 151 Å². The minimum absolute atomic E-state index is 0. The second kappa shape index (κ2) is 16.5. The number of hydrogen-bond acceptors (Lipinski definition) is 12. The summed E-state index contributed by atoms with van der Waals surface area (Å²) >= 11 is 0. The molecule has 0 saturated carbocycles. The van der Waals surface area contributed by atoms with Crippen LogP contribution in [0, 0.1) is 0 Å². The Bertz CT molecular complexity index is 463. The van der Waals surface area contributed by atoms with Crippen LogP contribution in [0.5, 0.6) is 0 Å². The molecule has 0 aromatic carbocycles. The van der Waals surface area contributed by atoms with Gasteiger partial charge in [0.1, 0.15) is 0 Å². The number of carboxylic acid groups (broad SMARTS) is 5. The van der Waals surface area contributed by atoms with Gasteiger partial charge in [-0.3, -0.25) is 9.59 Å². The Hall–Kier alpha value is -2.93. The summed E-state index contributed by atoms with van der Waals surface area (Å²) in [5, 5.41) is 66.3. The van der Waals surface area contributed by atoms with E-state index in [9.17, 15) is 24.0 Å². The van der Waals surface area contributed by atoms with Crippen LogP contribution in [-0.4, -0.2) is 88.5 Å². The van der Waals surface area contributed by atoms with E-state index in [1.54, 1.807) is 0 Å². The molecule has 2 atom stereocenters. The van der Waals surface area contributed by atoms with Crippen LogP contribution in [0.25, 0.3) is 0 Å². The van der Waals surface area contributed by atoms with Crippen molar-refractivity contribution in [1.82, 2.24) is 24.6 Å². The number of carboxylic acids is 5. The van der Waals surface area contributed by atoms with Crippen LogP contribution in [0.15, 0.2) is 0 Å². The lowest BCUT2D eigenvalue weighted by atomic mass is 9.96. The number of aliphatic carboxylic acids is 5. The van der Waals surface area contributed by atoms with E-state index in [1.165, 1.54) is 0 Å². The molecule has 0 rings (SSSR count). The van der Waals surface area contributed by atoms with Gasteiger partial charge < -0.3 is 65.5 Å². The molecule has 0 aromatic heterocycles. The van der Waals surface area contributed by atoms with Gasteiger partial charge in [0.2, 0.25) is 0 Å². The number of hydrogen-bond donors (Lipinski definition) is 12. The predicted molar refractivity (Wildman–Crippen MR) is 84.5 cm³/mol. The first kappa shape index (κ1) is 39.2. The third-order valence-electron chi connectivity index (χ3n) is 2.09. The van der Waals surface area contributed by atoms with Gasteiger partial charge in [-0.25, -0.2) is 14.4 Å². The van der Waals surface area contributed by atoms with Crippen LogP contribution in [0.4, 0.5) is 0 Å². The third kappa shape index (κ3) is 16.3. The molecular weight excluding hydrogens is 384 g/mol. The zero-order chi connectivity index (χ0) is 19.0. The zero-order valence-electron chi connectivity index (χ0n) is 14.0. The largest absolute Gasteiger partial charge is 0.481 e. The second-order valence-electron chi connectivity index (χ2n) is 4.04. The van der Waals surface area contributed by atoms with Crippen molar-refractivity contribution >= 4 is 29.8 Å². The van der Waals surface area contributed by atoms with E-state index in [-0.39, 0.29) is 24.6 Å². The monoisotopic (exact) mass is 410 g/mol. The van der Waals surface area contributed by atoms with E-state index in [0.29, 0.717) is 0 Å². The summed E-state index contributed by atoms with van der Waals surface area (Å²) in [5.74, 6) is -8.56. The van der Waals surface area contributed by atoms with Crippen LogP contribution in [0.1, 0.15) is 12.8 Å². The summed E-state index contributed by atoms with van der Waals surface area (Å²) in [6.45, 7) is 0. The van der Waals surface area contributed by atoms with Crippen molar-refractivity contribution < 1.29 is 64.8 Å². The van der Waals surface area contributed by atoms with Gasteiger partial charge in [0, 0.05) is 0 Å². The molecule has 0 aromatic rings. The number of aliphatic hydroxyl groups excluding tert-OH is 2. The van der Waals surface area contributed by atoms with Crippen molar-refractivity contribution in [2.24, 2.45) is 0 Å². The smallest absolute Gasteiger partial charge is 0.336 e. The molecule has 0 aliphatic carbocycles. The summed E-state index contributed by atoms with van der Waals surface area (Å²) in [4.78, 5) is 50.0. The van der Waals surface area contributed by atoms with Gasteiger partial charge >= 0.3 is 29.8 Å². The second-order valence-corrected chi connectivity index (χ2v) is 4.04. The average Bonchev–Trinajstić information content (AvgIpc) is 2.35. The zero-order valence-corrected chi connectivity index (χ0v) is 14.0. The molecule has 0 fully saturated rings. The predicted octanol–water partition coefficient (Wildman–Crippen LogP) is -2.72. The van der Waals surface area contributed by atoms with Crippen molar-refractivity contribution in [3.63, 3.8) is 0 Å². The van der Waals surface area contributed by atoms with E-state index in [0.717, 1.165) is 0 Å². The normalized spacial score (nSPS) is 11.1. The van der Waals surface area contributed by atoms with Crippen molar-refractivity contribution in [3.05, 3.63) is 0 Å². The molecule has 0 radical (unpaired) electrons. The molecule has 27 heavy (non-hydrogen) atoms. The Kier molecular flexibility index (Phi) is 24.0. The lowest BCUT2D eigenvalue weighted by Gasteiger charge is -2.18. The molecule has 0 heterocycles. The average molecular weight is 410 g/mol. The molecular formula is C10H26N4O13. The first-order chi connectivity index (χ1) is 10.2. The lowest BCUT2D eigenvalue weighted by molar-refractivity contribution is -0.170. The maximum Gasteiger partial charge on any atom is 0.336 e. The van der Waals surface area contributed by atoms with Gasteiger partial charge in [0.05, 0.1) is 12.8 Å². The molecule has 0 aliphatic rings. The van der Waals surface area contributed by atoms with Gasteiger partial charge in [-0.2, -0.15) is 0 Å². The molecule has 164 valence electrons. The third-order valence-corrected chi connectivity index (χ3v) is 2.09. The van der Waals surface area contributed by atoms with Crippen LogP contribution in [-0.2, 0) is 24.0 Å². The maximum atomic E-state index is 10.3. The summed E-state index contributed by atoms with van der Waals surface area (Å²) in [6.07, 6.45) is -6.82. The van der Waals surface area contributed by atoms with Crippen LogP contribution in [0.2, 0.25) is 0 Å². The lowest BCUT2D eigenvalue weighted by Crippen LogP contribution is -2.42. The van der Waals surface area contributed by atoms with Crippen molar-refractivity contribution in [3.8, 4) is 0 Å². The van der Waals surface area contributed by atoms with Gasteiger partial charge in [0.15, 0.2) is 17.8 Å². The minimum Gasteiger partial charge on any atom is -0.481 e. The first-order valence-corrected chi connectivity index (χ1v) is 5.45. The molecule has 2 unspecified atom stereocenters. The molecule has 0 bridgehead atoms. The fourth-order valence-electron chi connectivity index (χ4n) is 0.984. The highest BCUT2D eigenvalue weighted by Gasteiger charge is 2.40. The molecule has 17 heteroatoms. The van der Waals surface area contributed by atoms with Gasteiger partial charge in [0.25, 0.3) is 0 Å².